The summed E-state index contributed by atoms with van der Waals surface area (Å²) >= 11 is 0. The molecule has 1 aromatic heterocycles. The van der Waals surface area contributed by atoms with Crippen LogP contribution in [-0.4, -0.2) is 24.7 Å². The summed E-state index contributed by atoms with van der Waals surface area (Å²) in [5.74, 6) is 0. The first-order valence-electron chi connectivity index (χ1n) is 5.44. The average Bonchev–Trinajstić information content (AvgIpc) is 2.27. The van der Waals surface area contributed by atoms with Crippen molar-refractivity contribution in [2.45, 2.75) is 32.2 Å². The molecule has 0 aromatic carbocycles. The Morgan fingerprint density at radius 3 is 2.80 bits per heavy atom. The molecule has 3 nitrogen and oxygen atoms in total. The summed E-state index contributed by atoms with van der Waals surface area (Å²) in [6.07, 6.45) is 4.67. The zero-order chi connectivity index (χ0) is 11.1. The molecule has 84 valence electrons. The fourth-order valence-electron chi connectivity index (χ4n) is 1.42. The minimum atomic E-state index is 0.143. The van der Waals surface area contributed by atoms with E-state index in [0.717, 1.165) is 25.0 Å². The van der Waals surface area contributed by atoms with Gasteiger partial charge in [0.2, 0.25) is 0 Å². The van der Waals surface area contributed by atoms with E-state index in [4.69, 9.17) is 10.5 Å². The van der Waals surface area contributed by atoms with E-state index in [-0.39, 0.29) is 6.04 Å². The lowest BCUT2D eigenvalue weighted by atomic mass is 10.1. The van der Waals surface area contributed by atoms with Crippen molar-refractivity contribution in [3.8, 4) is 0 Å². The van der Waals surface area contributed by atoms with E-state index in [2.05, 4.69) is 24.0 Å². The first-order chi connectivity index (χ1) is 7.26. The Labute approximate surface area is 91.7 Å². The van der Waals surface area contributed by atoms with Crippen molar-refractivity contribution in [3.05, 3.63) is 29.6 Å². The average molecular weight is 208 g/mol. The first-order valence-corrected chi connectivity index (χ1v) is 5.44. The highest BCUT2D eigenvalue weighted by Gasteiger charge is 2.04. The number of aromatic nitrogens is 1. The lowest BCUT2D eigenvalue weighted by molar-refractivity contribution is 0.187. The topological polar surface area (TPSA) is 48.1 Å². The number of nitrogens with zero attached hydrogens (tertiary/aromatic N) is 1. The normalized spacial score (nSPS) is 12.7. The van der Waals surface area contributed by atoms with E-state index in [9.17, 15) is 0 Å². The lowest BCUT2D eigenvalue weighted by Crippen LogP contribution is -2.24. The van der Waals surface area contributed by atoms with Crippen LogP contribution in [-0.2, 0) is 17.6 Å². The van der Waals surface area contributed by atoms with Gasteiger partial charge < -0.3 is 10.5 Å². The minimum Gasteiger partial charge on any atom is -0.385 e. The highest BCUT2D eigenvalue weighted by atomic mass is 16.5. The predicted molar refractivity (Wildman–Crippen MR) is 61.8 cm³/mol. The van der Waals surface area contributed by atoms with Gasteiger partial charge in [0, 0.05) is 38.1 Å². The maximum absolute atomic E-state index is 5.94. The van der Waals surface area contributed by atoms with Crippen LogP contribution in [0.5, 0.6) is 0 Å². The Morgan fingerprint density at radius 2 is 2.27 bits per heavy atom. The second-order valence-electron chi connectivity index (χ2n) is 3.76. The Kier molecular flexibility index (Phi) is 5.29. The van der Waals surface area contributed by atoms with Crippen LogP contribution in [0.2, 0.25) is 0 Å². The molecule has 1 rings (SSSR count). The quantitative estimate of drug-likeness (QED) is 0.771. The van der Waals surface area contributed by atoms with Crippen LogP contribution in [0.4, 0.5) is 0 Å². The van der Waals surface area contributed by atoms with Gasteiger partial charge in [-0.2, -0.15) is 0 Å². The van der Waals surface area contributed by atoms with Gasteiger partial charge in [-0.15, -0.1) is 0 Å². The van der Waals surface area contributed by atoms with Gasteiger partial charge in [-0.05, 0) is 24.5 Å². The Morgan fingerprint density at radius 1 is 1.47 bits per heavy atom. The van der Waals surface area contributed by atoms with Crippen molar-refractivity contribution >= 4 is 0 Å². The molecule has 0 bridgehead atoms. The third kappa shape index (κ3) is 4.40. The molecule has 0 radical (unpaired) electrons. The van der Waals surface area contributed by atoms with Gasteiger partial charge in [-0.25, -0.2) is 0 Å². The van der Waals surface area contributed by atoms with E-state index in [0.29, 0.717) is 6.61 Å². The SMILES string of the molecule is CCc1ccc(CC(N)CCOC)nc1. The molecule has 0 fully saturated rings. The highest BCUT2D eigenvalue weighted by Crippen LogP contribution is 2.04. The van der Waals surface area contributed by atoms with Crippen molar-refractivity contribution in [2.75, 3.05) is 13.7 Å². The fourth-order valence-corrected chi connectivity index (χ4v) is 1.42. The molecule has 15 heavy (non-hydrogen) atoms. The highest BCUT2D eigenvalue weighted by molar-refractivity contribution is 5.14. The number of aryl methyl sites for hydroxylation is 1. The van der Waals surface area contributed by atoms with Gasteiger partial charge in [-0.1, -0.05) is 13.0 Å². The molecule has 0 aliphatic rings. The van der Waals surface area contributed by atoms with Crippen LogP contribution in [0.1, 0.15) is 24.6 Å². The third-order valence-corrected chi connectivity index (χ3v) is 2.46. The molecule has 0 spiro atoms. The van der Waals surface area contributed by atoms with Gasteiger partial charge >= 0.3 is 0 Å². The summed E-state index contributed by atoms with van der Waals surface area (Å²) in [5.41, 5.74) is 8.28. The molecule has 3 heteroatoms. The number of hydrogen-bond donors (Lipinski definition) is 1. The number of ether oxygens (including phenoxy) is 1. The van der Waals surface area contributed by atoms with Gasteiger partial charge in [0.25, 0.3) is 0 Å². The van der Waals surface area contributed by atoms with Crippen LogP contribution in [0.3, 0.4) is 0 Å². The number of nitrogens with two attached hydrogens (primary N) is 1. The van der Waals surface area contributed by atoms with Crippen LogP contribution >= 0.6 is 0 Å². The maximum Gasteiger partial charge on any atom is 0.0477 e. The third-order valence-electron chi connectivity index (χ3n) is 2.46. The van der Waals surface area contributed by atoms with E-state index in [1.807, 2.05) is 6.20 Å². The Bertz CT molecular complexity index is 271. The van der Waals surface area contributed by atoms with Crippen molar-refractivity contribution in [2.24, 2.45) is 5.73 Å². The molecule has 2 N–H and O–H groups in total. The van der Waals surface area contributed by atoms with E-state index < -0.39 is 0 Å². The Hall–Kier alpha value is -0.930. The number of methoxy groups -OCH3 is 1. The maximum atomic E-state index is 5.94. The molecular formula is C12H20N2O. The molecule has 1 aromatic rings. The predicted octanol–water partition coefficient (Wildman–Crippen LogP) is 1.55. The van der Waals surface area contributed by atoms with E-state index in [1.54, 1.807) is 7.11 Å². The van der Waals surface area contributed by atoms with E-state index >= 15 is 0 Å². The summed E-state index contributed by atoms with van der Waals surface area (Å²) in [7, 11) is 1.70. The molecule has 0 saturated carbocycles. The zero-order valence-corrected chi connectivity index (χ0v) is 9.57. The van der Waals surface area contributed by atoms with Gasteiger partial charge in [0.1, 0.15) is 0 Å². The molecule has 0 amide bonds. The second-order valence-corrected chi connectivity index (χ2v) is 3.76. The second kappa shape index (κ2) is 6.53. The van der Waals surface area contributed by atoms with Crippen molar-refractivity contribution in [3.63, 3.8) is 0 Å². The number of rotatable bonds is 6. The summed E-state index contributed by atoms with van der Waals surface area (Å²) in [5, 5.41) is 0. The Balaban J connectivity index is 2.42. The van der Waals surface area contributed by atoms with Crippen molar-refractivity contribution in [1.82, 2.24) is 4.98 Å². The molecule has 0 aliphatic carbocycles. The first kappa shape index (κ1) is 12.1. The smallest absolute Gasteiger partial charge is 0.0477 e. The molecule has 0 aliphatic heterocycles. The van der Waals surface area contributed by atoms with Crippen molar-refractivity contribution in [1.29, 1.82) is 0 Å². The minimum absolute atomic E-state index is 0.143. The summed E-state index contributed by atoms with van der Waals surface area (Å²) in [6.45, 7) is 2.84. The van der Waals surface area contributed by atoms with Crippen LogP contribution < -0.4 is 5.73 Å². The molecular weight excluding hydrogens is 188 g/mol. The van der Waals surface area contributed by atoms with Crippen LogP contribution in [0.25, 0.3) is 0 Å². The lowest BCUT2D eigenvalue weighted by Gasteiger charge is -2.10. The summed E-state index contributed by atoms with van der Waals surface area (Å²) in [4.78, 5) is 4.38. The standard InChI is InChI=1S/C12H20N2O/c1-3-10-4-5-12(14-9-10)8-11(13)6-7-15-2/h4-5,9,11H,3,6-8,13H2,1-2H3. The van der Waals surface area contributed by atoms with Gasteiger partial charge in [-0.3, -0.25) is 4.98 Å². The molecule has 1 atom stereocenters. The number of hydrogen-bond acceptors (Lipinski definition) is 3. The molecule has 1 heterocycles. The monoisotopic (exact) mass is 208 g/mol. The zero-order valence-electron chi connectivity index (χ0n) is 9.57. The largest absolute Gasteiger partial charge is 0.385 e. The van der Waals surface area contributed by atoms with Crippen LogP contribution in [0, 0.1) is 0 Å². The number of pyridine rings is 1. The van der Waals surface area contributed by atoms with E-state index in [1.165, 1.54) is 5.56 Å². The molecule has 0 saturated heterocycles. The van der Waals surface area contributed by atoms with Crippen molar-refractivity contribution < 1.29 is 4.74 Å². The van der Waals surface area contributed by atoms with Crippen LogP contribution in [0.15, 0.2) is 18.3 Å². The van der Waals surface area contributed by atoms with Gasteiger partial charge in [0.05, 0.1) is 0 Å². The molecule has 1 unspecified atom stereocenters. The summed E-state index contributed by atoms with van der Waals surface area (Å²) in [6, 6.07) is 4.32. The summed E-state index contributed by atoms with van der Waals surface area (Å²) < 4.78 is 4.99. The van der Waals surface area contributed by atoms with Gasteiger partial charge in [0.15, 0.2) is 0 Å². The fraction of sp³-hybridized carbons (Fsp3) is 0.583.